The predicted molar refractivity (Wildman–Crippen MR) is 123 cm³/mol. The molecular formula is C24H21F3O5S2. The van der Waals surface area contributed by atoms with Crippen molar-refractivity contribution in [3.8, 4) is 27.3 Å². The smallest absolute Gasteiger partial charge is 0.481 e. The maximum absolute atomic E-state index is 13.0. The summed E-state index contributed by atoms with van der Waals surface area (Å²) >= 11 is 1.28. The van der Waals surface area contributed by atoms with Gasteiger partial charge in [0.05, 0.1) is 12.2 Å². The molecule has 0 spiro atoms. The van der Waals surface area contributed by atoms with Crippen LogP contribution in [0.1, 0.15) is 30.6 Å². The normalized spacial score (nSPS) is 20.1. The minimum atomic E-state index is -4.75. The average molecular weight is 511 g/mol. The number of aliphatic carboxylic acids is 1. The lowest BCUT2D eigenvalue weighted by molar-refractivity contribution is -0.274. The number of thiophene rings is 1. The molecule has 1 N–H and O–H groups in total. The first-order valence-corrected chi connectivity index (χ1v) is 13.0. The molecule has 1 aromatic heterocycles. The van der Waals surface area contributed by atoms with Crippen molar-refractivity contribution in [2.45, 2.75) is 36.8 Å². The number of ether oxygens (including phenoxy) is 1. The highest BCUT2D eigenvalue weighted by Gasteiger charge is 2.49. The highest BCUT2D eigenvalue weighted by molar-refractivity contribution is 7.92. The van der Waals surface area contributed by atoms with E-state index in [4.69, 9.17) is 0 Å². The number of benzene rings is 2. The lowest BCUT2D eigenvalue weighted by Gasteiger charge is -2.34. The van der Waals surface area contributed by atoms with Gasteiger partial charge in [-0.15, -0.1) is 24.5 Å². The number of carboxylic acids is 1. The van der Waals surface area contributed by atoms with Crippen molar-refractivity contribution in [2.24, 2.45) is 0 Å². The molecule has 5 nitrogen and oxygen atoms in total. The van der Waals surface area contributed by atoms with Gasteiger partial charge in [0.1, 0.15) is 10.5 Å². The van der Waals surface area contributed by atoms with Gasteiger partial charge in [-0.05, 0) is 53.8 Å². The van der Waals surface area contributed by atoms with Crippen molar-refractivity contribution in [3.05, 3.63) is 65.5 Å². The summed E-state index contributed by atoms with van der Waals surface area (Å²) in [7, 11) is -3.61. The Labute approximate surface area is 198 Å². The molecule has 0 amide bonds. The number of halogens is 3. The Hall–Kier alpha value is -2.85. The summed E-state index contributed by atoms with van der Waals surface area (Å²) in [5, 5.41) is 9.44. The first-order chi connectivity index (χ1) is 16.0. The van der Waals surface area contributed by atoms with Gasteiger partial charge in [-0.1, -0.05) is 42.8 Å². The standard InChI is InChI=1S/C24H21F3O5S2/c25-24(26,27)32-19-9-7-17(8-10-19)16-3-5-18(6-4-16)20-11-12-21(33-20)23(15-22(28)29)13-1-2-14-34(23,30)31/h3-12H,1-2,13-15H2,(H,28,29)/t23-/m0/s1. The molecule has 2 aromatic carbocycles. The largest absolute Gasteiger partial charge is 0.573 e. The zero-order chi connectivity index (χ0) is 24.6. The molecule has 34 heavy (non-hydrogen) atoms. The monoisotopic (exact) mass is 510 g/mol. The lowest BCUT2D eigenvalue weighted by Crippen LogP contribution is -2.41. The van der Waals surface area contributed by atoms with E-state index >= 15 is 0 Å². The van der Waals surface area contributed by atoms with E-state index in [0.29, 0.717) is 23.3 Å². The van der Waals surface area contributed by atoms with Crippen LogP contribution in [0.3, 0.4) is 0 Å². The van der Waals surface area contributed by atoms with Crippen molar-refractivity contribution in [1.29, 1.82) is 0 Å². The first-order valence-electron chi connectivity index (χ1n) is 10.5. The molecule has 180 valence electrons. The van der Waals surface area contributed by atoms with Crippen LogP contribution in [-0.2, 0) is 19.4 Å². The Morgan fingerprint density at radius 3 is 2.09 bits per heavy atom. The maximum Gasteiger partial charge on any atom is 0.573 e. The summed E-state index contributed by atoms with van der Waals surface area (Å²) in [4.78, 5) is 12.9. The third kappa shape index (κ3) is 4.97. The Balaban J connectivity index is 1.59. The quantitative estimate of drug-likeness (QED) is 0.424. The summed E-state index contributed by atoms with van der Waals surface area (Å²) in [5.74, 6) is -1.46. The molecular weight excluding hydrogens is 489 g/mol. The molecule has 1 saturated heterocycles. The van der Waals surface area contributed by atoms with Crippen LogP contribution in [-0.4, -0.2) is 31.6 Å². The molecule has 1 fully saturated rings. The fourth-order valence-corrected chi connectivity index (χ4v) is 8.05. The van der Waals surface area contributed by atoms with Crippen molar-refractivity contribution in [2.75, 3.05) is 5.75 Å². The molecule has 1 aliphatic heterocycles. The maximum atomic E-state index is 13.0. The van der Waals surface area contributed by atoms with Crippen LogP contribution >= 0.6 is 11.3 Å². The summed E-state index contributed by atoms with van der Waals surface area (Å²) < 4.78 is 65.4. The van der Waals surface area contributed by atoms with E-state index in [1.165, 1.54) is 35.6 Å². The Bertz CT molecular complexity index is 1280. The Morgan fingerprint density at radius 2 is 1.53 bits per heavy atom. The van der Waals surface area contributed by atoms with E-state index in [0.717, 1.165) is 16.0 Å². The van der Waals surface area contributed by atoms with Gasteiger partial charge >= 0.3 is 12.3 Å². The third-order valence-electron chi connectivity index (χ3n) is 5.92. The minimum Gasteiger partial charge on any atom is -0.481 e. The summed E-state index contributed by atoms with van der Waals surface area (Å²) in [6, 6.07) is 16.4. The van der Waals surface area contributed by atoms with Gasteiger partial charge in [-0.2, -0.15) is 0 Å². The second-order valence-corrected chi connectivity index (χ2v) is 11.7. The first kappa shape index (κ1) is 24.3. The van der Waals surface area contributed by atoms with Gasteiger partial charge in [-0.3, -0.25) is 4.79 Å². The molecule has 1 atom stereocenters. The fourth-order valence-electron chi connectivity index (χ4n) is 4.27. The molecule has 4 rings (SSSR count). The number of sulfone groups is 1. The zero-order valence-electron chi connectivity index (χ0n) is 17.8. The van der Waals surface area contributed by atoms with Crippen molar-refractivity contribution in [1.82, 2.24) is 0 Å². The second kappa shape index (κ2) is 9.07. The number of carbonyl (C=O) groups is 1. The zero-order valence-corrected chi connectivity index (χ0v) is 19.5. The van der Waals surface area contributed by atoms with E-state index in [1.54, 1.807) is 12.1 Å². The van der Waals surface area contributed by atoms with Gasteiger partial charge in [0.15, 0.2) is 9.84 Å². The highest BCUT2D eigenvalue weighted by atomic mass is 32.2. The lowest BCUT2D eigenvalue weighted by atomic mass is 9.95. The van der Waals surface area contributed by atoms with Crippen LogP contribution in [0.5, 0.6) is 5.75 Å². The van der Waals surface area contributed by atoms with Crippen LogP contribution in [0, 0.1) is 0 Å². The van der Waals surface area contributed by atoms with Gasteiger partial charge < -0.3 is 9.84 Å². The Kier molecular flexibility index (Phi) is 6.48. The van der Waals surface area contributed by atoms with E-state index in [1.807, 2.05) is 24.3 Å². The molecule has 0 unspecified atom stereocenters. The molecule has 1 aliphatic rings. The number of rotatable bonds is 6. The SMILES string of the molecule is O=C(O)C[C@]1(c2ccc(-c3ccc(-c4ccc(OC(F)(F)F)cc4)cc3)s2)CCCCS1(=O)=O. The van der Waals surface area contributed by atoms with Crippen LogP contribution in [0.25, 0.3) is 21.6 Å². The molecule has 0 saturated carbocycles. The topological polar surface area (TPSA) is 80.7 Å². The van der Waals surface area contributed by atoms with Crippen LogP contribution in [0.15, 0.2) is 60.7 Å². The van der Waals surface area contributed by atoms with E-state index in [-0.39, 0.29) is 17.9 Å². The van der Waals surface area contributed by atoms with Crippen molar-refractivity contribution in [3.63, 3.8) is 0 Å². The second-order valence-electron chi connectivity index (χ2n) is 8.15. The molecule has 10 heteroatoms. The number of hydrogen-bond acceptors (Lipinski definition) is 5. The van der Waals surface area contributed by atoms with Gasteiger partial charge in [0.2, 0.25) is 0 Å². The van der Waals surface area contributed by atoms with E-state index in [2.05, 4.69) is 4.74 Å². The minimum absolute atomic E-state index is 0.0188. The number of alkyl halides is 3. The van der Waals surface area contributed by atoms with Crippen LogP contribution < -0.4 is 4.74 Å². The van der Waals surface area contributed by atoms with E-state index in [9.17, 15) is 31.5 Å². The highest BCUT2D eigenvalue weighted by Crippen LogP contribution is 2.47. The summed E-state index contributed by atoms with van der Waals surface area (Å²) in [6.07, 6.45) is -3.73. The van der Waals surface area contributed by atoms with Crippen LogP contribution in [0.2, 0.25) is 0 Å². The van der Waals surface area contributed by atoms with Gasteiger partial charge in [-0.25, -0.2) is 8.42 Å². The Morgan fingerprint density at radius 1 is 0.941 bits per heavy atom. The number of carboxylic acid groups (broad SMARTS) is 1. The molecule has 0 radical (unpaired) electrons. The predicted octanol–water partition coefficient (Wildman–Crippen LogP) is 6.25. The average Bonchev–Trinajstić information content (AvgIpc) is 3.25. The van der Waals surface area contributed by atoms with Crippen molar-refractivity contribution >= 4 is 27.1 Å². The van der Waals surface area contributed by atoms with Crippen molar-refractivity contribution < 1.29 is 36.2 Å². The summed E-state index contributed by atoms with van der Waals surface area (Å²) in [6.45, 7) is 0. The molecule has 0 bridgehead atoms. The fraction of sp³-hybridized carbons (Fsp3) is 0.292. The number of hydrogen-bond donors (Lipinski definition) is 1. The molecule has 3 aromatic rings. The van der Waals surface area contributed by atoms with Gasteiger partial charge in [0.25, 0.3) is 0 Å². The van der Waals surface area contributed by atoms with Gasteiger partial charge in [0, 0.05) is 9.75 Å². The van der Waals surface area contributed by atoms with Crippen LogP contribution in [0.4, 0.5) is 13.2 Å². The van der Waals surface area contributed by atoms with E-state index < -0.39 is 33.3 Å². The third-order valence-corrected chi connectivity index (χ3v) is 9.97. The summed E-state index contributed by atoms with van der Waals surface area (Å²) in [5.41, 5.74) is 2.33. The molecule has 0 aliphatic carbocycles. The molecule has 2 heterocycles.